The van der Waals surface area contributed by atoms with Crippen LogP contribution in [0.5, 0.6) is 0 Å². The van der Waals surface area contributed by atoms with E-state index in [9.17, 15) is 9.59 Å². The molecule has 0 radical (unpaired) electrons. The Morgan fingerprint density at radius 3 is 2.88 bits per heavy atom. The average molecular weight is 242 g/mol. The summed E-state index contributed by atoms with van der Waals surface area (Å²) < 4.78 is 0. The van der Waals surface area contributed by atoms with Crippen LogP contribution in [-0.2, 0) is 4.79 Å². The molecule has 0 aliphatic carbocycles. The highest BCUT2D eigenvalue weighted by Gasteiger charge is 2.09. The van der Waals surface area contributed by atoms with Gasteiger partial charge in [0.15, 0.2) is 0 Å². The normalized spacial score (nSPS) is 11.9. The van der Waals surface area contributed by atoms with Crippen LogP contribution in [-0.4, -0.2) is 36.1 Å². The lowest BCUT2D eigenvalue weighted by Gasteiger charge is -2.10. The van der Waals surface area contributed by atoms with E-state index >= 15 is 0 Å². The minimum Gasteiger partial charge on any atom is -0.394 e. The Balaban J connectivity index is 2.29. The first-order chi connectivity index (χ1) is 7.63. The highest BCUT2D eigenvalue weighted by molar-refractivity contribution is 7.12. The van der Waals surface area contributed by atoms with Gasteiger partial charge in [-0.15, -0.1) is 11.3 Å². The minimum atomic E-state index is -0.313. The van der Waals surface area contributed by atoms with Gasteiger partial charge in [0.05, 0.1) is 18.0 Å². The fourth-order valence-electron chi connectivity index (χ4n) is 1.03. The maximum Gasteiger partial charge on any atom is 0.261 e. The number of thiophene rings is 1. The zero-order valence-electron chi connectivity index (χ0n) is 8.90. The van der Waals surface area contributed by atoms with Gasteiger partial charge < -0.3 is 15.7 Å². The number of rotatable bonds is 5. The van der Waals surface area contributed by atoms with E-state index in [0.717, 1.165) is 0 Å². The second-order valence-electron chi connectivity index (χ2n) is 3.31. The fraction of sp³-hybridized carbons (Fsp3) is 0.400. The van der Waals surface area contributed by atoms with Crippen molar-refractivity contribution in [1.82, 2.24) is 10.6 Å². The quantitative estimate of drug-likeness (QED) is 0.678. The second kappa shape index (κ2) is 6.24. The fourth-order valence-corrected chi connectivity index (χ4v) is 1.67. The topological polar surface area (TPSA) is 78.4 Å². The van der Waals surface area contributed by atoms with Crippen molar-refractivity contribution in [3.63, 3.8) is 0 Å². The van der Waals surface area contributed by atoms with Gasteiger partial charge in [-0.3, -0.25) is 9.59 Å². The predicted molar refractivity (Wildman–Crippen MR) is 61.3 cm³/mol. The van der Waals surface area contributed by atoms with E-state index in [0.29, 0.717) is 4.88 Å². The lowest BCUT2D eigenvalue weighted by molar-refractivity contribution is -0.121. The van der Waals surface area contributed by atoms with Crippen molar-refractivity contribution in [2.24, 2.45) is 0 Å². The molecule has 0 aliphatic rings. The van der Waals surface area contributed by atoms with Crippen LogP contribution in [0.2, 0.25) is 0 Å². The molecule has 0 saturated heterocycles. The molecule has 16 heavy (non-hydrogen) atoms. The number of carbonyl (C=O) groups excluding carboxylic acids is 2. The van der Waals surface area contributed by atoms with Crippen molar-refractivity contribution < 1.29 is 14.7 Å². The number of amides is 2. The van der Waals surface area contributed by atoms with Gasteiger partial charge >= 0.3 is 0 Å². The van der Waals surface area contributed by atoms with E-state index in [4.69, 9.17) is 5.11 Å². The third-order valence-electron chi connectivity index (χ3n) is 1.84. The van der Waals surface area contributed by atoms with Gasteiger partial charge in [-0.1, -0.05) is 6.07 Å². The summed E-state index contributed by atoms with van der Waals surface area (Å²) in [7, 11) is 0. The first-order valence-electron chi connectivity index (χ1n) is 4.85. The number of carbonyl (C=O) groups is 2. The molecule has 1 heterocycles. The third-order valence-corrected chi connectivity index (χ3v) is 2.70. The maximum absolute atomic E-state index is 11.4. The monoisotopic (exact) mass is 242 g/mol. The van der Waals surface area contributed by atoms with Crippen molar-refractivity contribution in [3.8, 4) is 0 Å². The van der Waals surface area contributed by atoms with Crippen molar-refractivity contribution in [1.29, 1.82) is 0 Å². The summed E-state index contributed by atoms with van der Waals surface area (Å²) in [6, 6.07) is 3.16. The number of aliphatic hydroxyl groups is 1. The highest BCUT2D eigenvalue weighted by atomic mass is 32.1. The summed E-state index contributed by atoms with van der Waals surface area (Å²) in [5.74, 6) is -0.576. The van der Waals surface area contributed by atoms with Crippen molar-refractivity contribution >= 4 is 23.2 Å². The molecule has 88 valence electrons. The van der Waals surface area contributed by atoms with Gasteiger partial charge in [-0.05, 0) is 18.4 Å². The molecule has 6 heteroatoms. The van der Waals surface area contributed by atoms with E-state index < -0.39 is 0 Å². The van der Waals surface area contributed by atoms with Crippen LogP contribution in [0.1, 0.15) is 16.6 Å². The molecule has 0 saturated carbocycles. The Kier molecular flexibility index (Phi) is 4.94. The smallest absolute Gasteiger partial charge is 0.261 e. The summed E-state index contributed by atoms with van der Waals surface area (Å²) in [6.07, 6.45) is 0. The van der Waals surface area contributed by atoms with E-state index in [1.807, 2.05) is 0 Å². The van der Waals surface area contributed by atoms with Crippen LogP contribution in [0.4, 0.5) is 0 Å². The summed E-state index contributed by atoms with van der Waals surface area (Å²) in [6.45, 7) is 1.48. The van der Waals surface area contributed by atoms with Crippen molar-refractivity contribution in [3.05, 3.63) is 22.4 Å². The lowest BCUT2D eigenvalue weighted by atomic mass is 10.3. The molecule has 0 unspecified atom stereocenters. The Hall–Kier alpha value is -1.40. The zero-order chi connectivity index (χ0) is 12.0. The number of nitrogens with one attached hydrogen (secondary N) is 2. The van der Waals surface area contributed by atoms with Crippen LogP contribution >= 0.6 is 11.3 Å². The van der Waals surface area contributed by atoms with Gasteiger partial charge in [0.25, 0.3) is 5.91 Å². The molecule has 5 nitrogen and oxygen atoms in total. The van der Waals surface area contributed by atoms with Gasteiger partial charge in [-0.2, -0.15) is 0 Å². The number of hydrogen-bond acceptors (Lipinski definition) is 4. The molecule has 1 aromatic rings. The number of aliphatic hydroxyl groups excluding tert-OH is 1. The zero-order valence-corrected chi connectivity index (χ0v) is 9.71. The first-order valence-corrected chi connectivity index (χ1v) is 5.73. The SMILES string of the molecule is C[C@H](CO)NC(=O)CNC(=O)c1cccs1. The summed E-state index contributed by atoms with van der Waals surface area (Å²) >= 11 is 1.32. The van der Waals surface area contributed by atoms with Gasteiger partial charge in [0.1, 0.15) is 0 Å². The van der Waals surface area contributed by atoms with Crippen LogP contribution in [0.15, 0.2) is 17.5 Å². The van der Waals surface area contributed by atoms with Crippen LogP contribution in [0.3, 0.4) is 0 Å². The van der Waals surface area contributed by atoms with Crippen molar-refractivity contribution in [2.75, 3.05) is 13.2 Å². The molecule has 0 fully saturated rings. The van der Waals surface area contributed by atoms with Gasteiger partial charge in [0.2, 0.25) is 5.91 Å². The van der Waals surface area contributed by atoms with Crippen LogP contribution in [0.25, 0.3) is 0 Å². The van der Waals surface area contributed by atoms with Gasteiger partial charge in [-0.25, -0.2) is 0 Å². The number of hydrogen-bond donors (Lipinski definition) is 3. The second-order valence-corrected chi connectivity index (χ2v) is 4.26. The molecular formula is C10H14N2O3S. The Morgan fingerprint density at radius 2 is 2.31 bits per heavy atom. The van der Waals surface area contributed by atoms with Crippen molar-refractivity contribution in [2.45, 2.75) is 13.0 Å². The average Bonchev–Trinajstić information content (AvgIpc) is 2.79. The summed E-state index contributed by atoms with van der Waals surface area (Å²) in [5, 5.41) is 15.5. The van der Waals surface area contributed by atoms with E-state index in [-0.39, 0.29) is 31.0 Å². The largest absolute Gasteiger partial charge is 0.394 e. The Morgan fingerprint density at radius 1 is 1.56 bits per heavy atom. The highest BCUT2D eigenvalue weighted by Crippen LogP contribution is 2.07. The molecule has 1 aromatic heterocycles. The van der Waals surface area contributed by atoms with Crippen LogP contribution in [0, 0.1) is 0 Å². The first kappa shape index (κ1) is 12.7. The molecular weight excluding hydrogens is 228 g/mol. The molecule has 3 N–H and O–H groups in total. The van der Waals surface area contributed by atoms with Crippen LogP contribution < -0.4 is 10.6 Å². The standard InChI is InChI=1S/C10H14N2O3S/c1-7(6-13)12-9(14)5-11-10(15)8-3-2-4-16-8/h2-4,7,13H,5-6H2,1H3,(H,11,15)(H,12,14)/t7-/m1/s1. The molecule has 0 aliphatic heterocycles. The molecule has 1 rings (SSSR count). The molecule has 0 bridgehead atoms. The van der Waals surface area contributed by atoms with E-state index in [1.165, 1.54) is 11.3 Å². The maximum atomic E-state index is 11.4. The summed E-state index contributed by atoms with van der Waals surface area (Å²) in [4.78, 5) is 23.3. The summed E-state index contributed by atoms with van der Waals surface area (Å²) in [5.41, 5.74) is 0. The molecule has 2 amide bonds. The van der Waals surface area contributed by atoms with E-state index in [1.54, 1.807) is 24.4 Å². The molecule has 0 spiro atoms. The van der Waals surface area contributed by atoms with Gasteiger partial charge in [0, 0.05) is 6.04 Å². The molecule has 0 aromatic carbocycles. The minimum absolute atomic E-state index is 0.0823. The molecule has 1 atom stereocenters. The third kappa shape index (κ3) is 4.00. The Labute approximate surface area is 97.5 Å². The Bertz CT molecular complexity index is 351. The van der Waals surface area contributed by atoms with E-state index in [2.05, 4.69) is 10.6 Å². The lowest BCUT2D eigenvalue weighted by Crippen LogP contribution is -2.42. The predicted octanol–water partition coefficient (Wildman–Crippen LogP) is -0.0251.